The molecule has 0 unspecified atom stereocenters. The van der Waals surface area contributed by atoms with E-state index in [1.165, 1.54) is 10.9 Å². The maximum absolute atomic E-state index is 12.6. The average Bonchev–Trinajstić information content (AvgIpc) is 2.89. The molecular formula is C14H13N3O3. The fraction of sp³-hybridized carbons (Fsp3) is 0.214. The number of hydrogen-bond acceptors (Lipinski definition) is 3. The molecule has 1 atom stereocenters. The van der Waals surface area contributed by atoms with Crippen LogP contribution in [0.25, 0.3) is 0 Å². The molecule has 1 aromatic heterocycles. The lowest BCUT2D eigenvalue weighted by molar-refractivity contribution is 0.0690. The fourth-order valence-corrected chi connectivity index (χ4v) is 2.45. The Morgan fingerprint density at radius 1 is 1.35 bits per heavy atom. The van der Waals surface area contributed by atoms with E-state index in [0.717, 1.165) is 5.69 Å². The van der Waals surface area contributed by atoms with Gasteiger partial charge < -0.3 is 10.0 Å². The minimum absolute atomic E-state index is 0.0533. The molecule has 3 rings (SSSR count). The van der Waals surface area contributed by atoms with E-state index >= 15 is 0 Å². The highest BCUT2D eigenvalue weighted by Crippen LogP contribution is 2.27. The molecule has 20 heavy (non-hydrogen) atoms. The van der Waals surface area contributed by atoms with Crippen LogP contribution >= 0.6 is 0 Å². The van der Waals surface area contributed by atoms with Crippen molar-refractivity contribution in [3.8, 4) is 0 Å². The number of nitrogens with zero attached hydrogens (tertiary/aromatic N) is 3. The second kappa shape index (κ2) is 4.48. The van der Waals surface area contributed by atoms with Gasteiger partial charge in [0.2, 0.25) is 0 Å². The van der Waals surface area contributed by atoms with Gasteiger partial charge in [-0.2, -0.15) is 5.10 Å². The number of carboxylic acid groups (broad SMARTS) is 1. The van der Waals surface area contributed by atoms with Gasteiger partial charge in [-0.1, -0.05) is 18.2 Å². The van der Waals surface area contributed by atoms with Crippen molar-refractivity contribution in [3.63, 3.8) is 0 Å². The fourth-order valence-electron chi connectivity index (χ4n) is 2.45. The largest absolute Gasteiger partial charge is 0.478 e. The predicted octanol–water partition coefficient (Wildman–Crippen LogP) is 1.80. The maximum Gasteiger partial charge on any atom is 0.339 e. The quantitative estimate of drug-likeness (QED) is 0.903. The number of anilines is 1. The van der Waals surface area contributed by atoms with Gasteiger partial charge >= 0.3 is 5.97 Å². The van der Waals surface area contributed by atoms with E-state index in [1.54, 1.807) is 4.90 Å². The lowest BCUT2D eigenvalue weighted by Gasteiger charge is -2.32. The highest BCUT2D eigenvalue weighted by molar-refractivity contribution is 6.11. The maximum atomic E-state index is 12.6. The van der Waals surface area contributed by atoms with Crippen molar-refractivity contribution in [2.45, 2.75) is 13.0 Å². The van der Waals surface area contributed by atoms with Gasteiger partial charge in [-0.25, -0.2) is 4.79 Å². The van der Waals surface area contributed by atoms with Crippen LogP contribution in [0.4, 0.5) is 5.69 Å². The zero-order valence-electron chi connectivity index (χ0n) is 10.9. The summed E-state index contributed by atoms with van der Waals surface area (Å²) in [5.41, 5.74) is 0.843. The number of aromatic nitrogens is 2. The van der Waals surface area contributed by atoms with Gasteiger partial charge in [0.1, 0.15) is 11.3 Å². The smallest absolute Gasteiger partial charge is 0.339 e. The molecule has 0 radical (unpaired) electrons. The first kappa shape index (κ1) is 12.4. The van der Waals surface area contributed by atoms with Gasteiger partial charge in [0.15, 0.2) is 0 Å². The second-order valence-corrected chi connectivity index (χ2v) is 4.76. The molecule has 0 saturated heterocycles. The Labute approximate surface area is 115 Å². The zero-order valence-corrected chi connectivity index (χ0v) is 10.9. The molecule has 2 heterocycles. The topological polar surface area (TPSA) is 75.4 Å². The number of hydrogen-bond donors (Lipinski definition) is 1. The molecule has 0 saturated carbocycles. The number of carbonyl (C=O) groups is 2. The van der Waals surface area contributed by atoms with Crippen molar-refractivity contribution < 1.29 is 14.7 Å². The molecule has 1 aromatic carbocycles. The van der Waals surface area contributed by atoms with Crippen LogP contribution in [0.3, 0.4) is 0 Å². The van der Waals surface area contributed by atoms with Crippen LogP contribution < -0.4 is 4.90 Å². The Hall–Kier alpha value is -2.63. The molecule has 2 aromatic rings. The summed E-state index contributed by atoms with van der Waals surface area (Å²) < 4.78 is 1.49. The predicted molar refractivity (Wildman–Crippen MR) is 72.0 cm³/mol. The summed E-state index contributed by atoms with van der Waals surface area (Å²) in [5, 5.41) is 13.2. The normalized spacial score (nSPS) is 17.9. The number of para-hydroxylation sites is 1. The number of benzene rings is 1. The van der Waals surface area contributed by atoms with E-state index in [-0.39, 0.29) is 23.2 Å². The third-order valence-electron chi connectivity index (χ3n) is 3.41. The summed E-state index contributed by atoms with van der Waals surface area (Å²) in [4.78, 5) is 25.3. The van der Waals surface area contributed by atoms with Crippen LogP contribution in [0.15, 0.2) is 36.5 Å². The summed E-state index contributed by atoms with van der Waals surface area (Å²) in [7, 11) is 0. The first-order valence-corrected chi connectivity index (χ1v) is 6.27. The Morgan fingerprint density at radius 3 is 2.70 bits per heavy atom. The molecule has 0 fully saturated rings. The number of fused-ring (bicyclic) bond motifs is 1. The number of amides is 1. The van der Waals surface area contributed by atoms with Crippen LogP contribution in [0.1, 0.15) is 33.8 Å². The van der Waals surface area contributed by atoms with Gasteiger partial charge in [-0.05, 0) is 19.1 Å². The molecule has 1 aliphatic rings. The Kier molecular flexibility index (Phi) is 2.78. The molecule has 1 aliphatic heterocycles. The van der Waals surface area contributed by atoms with Crippen molar-refractivity contribution >= 4 is 17.6 Å². The Morgan fingerprint density at radius 2 is 2.05 bits per heavy atom. The summed E-state index contributed by atoms with van der Waals surface area (Å²) in [5.74, 6) is -1.47. The number of rotatable bonds is 2. The molecule has 0 spiro atoms. The molecule has 6 nitrogen and oxygen atoms in total. The van der Waals surface area contributed by atoms with Crippen LogP contribution in [0.5, 0.6) is 0 Å². The van der Waals surface area contributed by atoms with Crippen molar-refractivity contribution in [1.82, 2.24) is 9.78 Å². The van der Waals surface area contributed by atoms with E-state index < -0.39 is 5.97 Å². The highest BCUT2D eigenvalue weighted by atomic mass is 16.4. The highest BCUT2D eigenvalue weighted by Gasteiger charge is 2.34. The van der Waals surface area contributed by atoms with E-state index in [1.807, 2.05) is 37.3 Å². The number of carboxylic acids is 1. The summed E-state index contributed by atoms with van der Waals surface area (Å²) >= 11 is 0. The third-order valence-corrected chi connectivity index (χ3v) is 3.41. The second-order valence-electron chi connectivity index (χ2n) is 4.76. The van der Waals surface area contributed by atoms with Gasteiger partial charge in [0.05, 0.1) is 12.2 Å². The van der Waals surface area contributed by atoms with Gasteiger partial charge in [-0.3, -0.25) is 9.48 Å². The molecular weight excluding hydrogens is 258 g/mol. The summed E-state index contributed by atoms with van der Waals surface area (Å²) in [6, 6.07) is 9.15. The molecule has 0 aliphatic carbocycles. The summed E-state index contributed by atoms with van der Waals surface area (Å²) in [6.07, 6.45) is 1.24. The van der Waals surface area contributed by atoms with E-state index in [4.69, 9.17) is 5.11 Å². The lowest BCUT2D eigenvalue weighted by atomic mass is 10.1. The molecule has 0 bridgehead atoms. The molecule has 1 N–H and O–H groups in total. The zero-order chi connectivity index (χ0) is 14.3. The van der Waals surface area contributed by atoms with Crippen LogP contribution in [0.2, 0.25) is 0 Å². The van der Waals surface area contributed by atoms with E-state index in [0.29, 0.717) is 6.54 Å². The van der Waals surface area contributed by atoms with E-state index in [2.05, 4.69) is 5.10 Å². The monoisotopic (exact) mass is 271 g/mol. The minimum Gasteiger partial charge on any atom is -0.478 e. The molecule has 6 heteroatoms. The van der Waals surface area contributed by atoms with Gasteiger partial charge in [0.25, 0.3) is 5.91 Å². The van der Waals surface area contributed by atoms with Crippen molar-refractivity contribution in [2.24, 2.45) is 0 Å². The first-order chi connectivity index (χ1) is 9.59. The molecule has 1 amide bonds. The van der Waals surface area contributed by atoms with Crippen molar-refractivity contribution in [2.75, 3.05) is 11.4 Å². The summed E-state index contributed by atoms with van der Waals surface area (Å²) in [6.45, 7) is 2.38. The van der Waals surface area contributed by atoms with Gasteiger partial charge in [-0.15, -0.1) is 0 Å². The molecule has 102 valence electrons. The Balaban J connectivity index is 2.10. The Bertz CT molecular complexity index is 678. The van der Waals surface area contributed by atoms with Crippen LogP contribution in [0, 0.1) is 0 Å². The van der Waals surface area contributed by atoms with Crippen molar-refractivity contribution in [1.29, 1.82) is 0 Å². The van der Waals surface area contributed by atoms with Crippen LogP contribution in [-0.4, -0.2) is 33.3 Å². The first-order valence-electron chi connectivity index (χ1n) is 6.27. The standard InChI is InChI=1S/C14H13N3O3/c1-9-8-16(10-5-3-2-4-6-10)13(18)12-11(14(19)20)7-15-17(9)12/h2-7,9H,8H2,1H3,(H,19,20)/t9-/m0/s1. The van der Waals surface area contributed by atoms with Gasteiger partial charge in [0, 0.05) is 12.2 Å². The number of carbonyl (C=O) groups excluding carboxylic acids is 1. The van der Waals surface area contributed by atoms with Crippen LogP contribution in [-0.2, 0) is 0 Å². The number of aromatic carboxylic acids is 1. The van der Waals surface area contributed by atoms with E-state index in [9.17, 15) is 9.59 Å². The van der Waals surface area contributed by atoms with Crippen molar-refractivity contribution in [3.05, 3.63) is 47.8 Å². The lowest BCUT2D eigenvalue weighted by Crippen LogP contribution is -2.43. The minimum atomic E-state index is -1.14. The SMILES string of the molecule is C[C@H]1CN(c2ccccc2)C(=O)c2c(C(=O)O)cnn21. The third kappa shape index (κ3) is 1.77. The average molecular weight is 271 g/mol.